The SMILES string of the molecule is CCCN(Cc1c(C)nn(-c2ccc(F)cc2)c1Oc1cccc(F)c1)CC(O)COC(C)C. The van der Waals surface area contributed by atoms with E-state index in [-0.39, 0.29) is 18.5 Å². The van der Waals surface area contributed by atoms with Gasteiger partial charge >= 0.3 is 0 Å². The minimum Gasteiger partial charge on any atom is -0.438 e. The van der Waals surface area contributed by atoms with Crippen molar-refractivity contribution in [2.75, 3.05) is 19.7 Å². The highest BCUT2D eigenvalue weighted by Crippen LogP contribution is 2.32. The van der Waals surface area contributed by atoms with Crippen LogP contribution < -0.4 is 4.74 Å². The lowest BCUT2D eigenvalue weighted by Crippen LogP contribution is -2.35. The third-order valence-electron chi connectivity index (χ3n) is 5.23. The summed E-state index contributed by atoms with van der Waals surface area (Å²) in [5, 5.41) is 15.1. The molecule has 1 heterocycles. The Balaban J connectivity index is 1.94. The zero-order valence-electron chi connectivity index (χ0n) is 20.2. The van der Waals surface area contributed by atoms with Crippen molar-refractivity contribution < 1.29 is 23.4 Å². The van der Waals surface area contributed by atoms with E-state index >= 15 is 0 Å². The molecule has 0 aliphatic heterocycles. The van der Waals surface area contributed by atoms with Gasteiger partial charge in [-0.15, -0.1) is 0 Å². The maximum Gasteiger partial charge on any atom is 0.227 e. The van der Waals surface area contributed by atoms with E-state index in [1.807, 2.05) is 20.8 Å². The van der Waals surface area contributed by atoms with E-state index < -0.39 is 11.9 Å². The summed E-state index contributed by atoms with van der Waals surface area (Å²) in [5.74, 6) is -0.0164. The predicted octanol–water partition coefficient (Wildman–Crippen LogP) is 5.25. The van der Waals surface area contributed by atoms with Crippen LogP contribution in [0.5, 0.6) is 11.6 Å². The van der Waals surface area contributed by atoms with Gasteiger partial charge in [-0.05, 0) is 70.1 Å². The van der Waals surface area contributed by atoms with Crippen LogP contribution in [0.3, 0.4) is 0 Å². The second-order valence-electron chi connectivity index (χ2n) is 8.59. The zero-order valence-corrected chi connectivity index (χ0v) is 20.2. The first kappa shape index (κ1) is 25.8. The van der Waals surface area contributed by atoms with Gasteiger partial charge in [0.15, 0.2) is 0 Å². The van der Waals surface area contributed by atoms with Gasteiger partial charge in [-0.1, -0.05) is 13.0 Å². The van der Waals surface area contributed by atoms with Gasteiger partial charge in [0.05, 0.1) is 35.8 Å². The lowest BCUT2D eigenvalue weighted by atomic mass is 10.2. The fourth-order valence-corrected chi connectivity index (χ4v) is 3.65. The van der Waals surface area contributed by atoms with Gasteiger partial charge in [0, 0.05) is 19.2 Å². The van der Waals surface area contributed by atoms with Crippen LogP contribution in [-0.4, -0.2) is 51.7 Å². The second-order valence-corrected chi connectivity index (χ2v) is 8.59. The summed E-state index contributed by atoms with van der Waals surface area (Å²) in [6.45, 7) is 9.68. The molecule has 0 saturated carbocycles. The Kier molecular flexibility index (Phi) is 9.15. The highest BCUT2D eigenvalue weighted by molar-refractivity contribution is 5.43. The number of aromatic nitrogens is 2. The monoisotopic (exact) mass is 473 g/mol. The molecule has 0 amide bonds. The Hall–Kier alpha value is -2.81. The topological polar surface area (TPSA) is 59.8 Å². The Bertz CT molecular complexity index is 1050. The van der Waals surface area contributed by atoms with Crippen LogP contribution in [0.1, 0.15) is 38.4 Å². The summed E-state index contributed by atoms with van der Waals surface area (Å²) >= 11 is 0. The predicted molar refractivity (Wildman–Crippen MR) is 127 cm³/mol. The van der Waals surface area contributed by atoms with Gasteiger partial charge in [0.2, 0.25) is 5.88 Å². The Morgan fingerprint density at radius 1 is 1.09 bits per heavy atom. The van der Waals surface area contributed by atoms with E-state index in [1.165, 1.54) is 24.3 Å². The van der Waals surface area contributed by atoms with E-state index in [0.29, 0.717) is 30.4 Å². The molecule has 2 aromatic carbocycles. The fourth-order valence-electron chi connectivity index (χ4n) is 3.65. The summed E-state index contributed by atoms with van der Waals surface area (Å²) in [6, 6.07) is 11.8. The first-order chi connectivity index (χ1) is 16.3. The van der Waals surface area contributed by atoms with E-state index in [4.69, 9.17) is 9.47 Å². The van der Waals surface area contributed by atoms with E-state index in [2.05, 4.69) is 16.9 Å². The summed E-state index contributed by atoms with van der Waals surface area (Å²) < 4.78 is 40.7. The number of hydrogen-bond donors (Lipinski definition) is 1. The minimum absolute atomic E-state index is 0.0386. The summed E-state index contributed by atoms with van der Waals surface area (Å²) in [4.78, 5) is 2.12. The molecule has 1 atom stereocenters. The Morgan fingerprint density at radius 2 is 1.82 bits per heavy atom. The average Bonchev–Trinajstić information content (AvgIpc) is 3.08. The molecular weight excluding hydrogens is 440 g/mol. The Morgan fingerprint density at radius 3 is 2.47 bits per heavy atom. The molecule has 0 aliphatic rings. The maximum absolute atomic E-state index is 13.8. The van der Waals surface area contributed by atoms with Gasteiger partial charge in [0.25, 0.3) is 0 Å². The molecule has 8 heteroatoms. The third kappa shape index (κ3) is 7.09. The van der Waals surface area contributed by atoms with Gasteiger partial charge in [-0.25, -0.2) is 13.5 Å². The van der Waals surface area contributed by atoms with Crippen molar-refractivity contribution in [2.45, 2.75) is 52.9 Å². The summed E-state index contributed by atoms with van der Waals surface area (Å²) in [5.41, 5.74) is 2.15. The zero-order chi connectivity index (χ0) is 24.7. The lowest BCUT2D eigenvalue weighted by molar-refractivity contribution is -0.00957. The number of ether oxygens (including phenoxy) is 2. The molecule has 3 rings (SSSR count). The maximum atomic E-state index is 13.8. The molecule has 1 aromatic heterocycles. The molecule has 0 bridgehead atoms. The molecular formula is C26H33F2N3O3. The number of benzene rings is 2. The van der Waals surface area contributed by atoms with Crippen molar-refractivity contribution in [3.8, 4) is 17.3 Å². The molecule has 3 aromatic rings. The summed E-state index contributed by atoms with van der Waals surface area (Å²) in [6.07, 6.45) is 0.286. The van der Waals surface area contributed by atoms with Crippen molar-refractivity contribution >= 4 is 0 Å². The van der Waals surface area contributed by atoms with Gasteiger partial charge in [-0.3, -0.25) is 4.90 Å². The molecule has 1 unspecified atom stereocenters. The number of halogens is 2. The lowest BCUT2D eigenvalue weighted by Gasteiger charge is -2.25. The molecule has 0 fully saturated rings. The smallest absolute Gasteiger partial charge is 0.227 e. The fraction of sp³-hybridized carbons (Fsp3) is 0.423. The molecule has 6 nitrogen and oxygen atoms in total. The number of rotatable bonds is 12. The molecule has 184 valence electrons. The number of nitrogens with zero attached hydrogens (tertiary/aromatic N) is 3. The molecule has 0 radical (unpaired) electrons. The molecule has 0 aliphatic carbocycles. The average molecular weight is 474 g/mol. The van der Waals surface area contributed by atoms with Crippen LogP contribution in [0, 0.1) is 18.6 Å². The van der Waals surface area contributed by atoms with Crippen LogP contribution in [0.2, 0.25) is 0 Å². The van der Waals surface area contributed by atoms with E-state index in [1.54, 1.807) is 28.9 Å². The first-order valence-electron chi connectivity index (χ1n) is 11.6. The van der Waals surface area contributed by atoms with Gasteiger partial charge in [-0.2, -0.15) is 5.10 Å². The minimum atomic E-state index is -0.644. The molecule has 0 saturated heterocycles. The van der Waals surface area contributed by atoms with Gasteiger partial charge in [0.1, 0.15) is 17.4 Å². The number of aliphatic hydroxyl groups is 1. The first-order valence-corrected chi connectivity index (χ1v) is 11.6. The van der Waals surface area contributed by atoms with Crippen LogP contribution in [0.4, 0.5) is 8.78 Å². The highest BCUT2D eigenvalue weighted by Gasteiger charge is 2.23. The third-order valence-corrected chi connectivity index (χ3v) is 5.23. The molecule has 1 N–H and O–H groups in total. The molecule has 34 heavy (non-hydrogen) atoms. The quantitative estimate of drug-likeness (QED) is 0.389. The number of hydrogen-bond acceptors (Lipinski definition) is 5. The number of aryl methyl sites for hydroxylation is 1. The van der Waals surface area contributed by atoms with E-state index in [0.717, 1.165) is 24.2 Å². The standard InChI is InChI=1S/C26H33F2N3O3/c1-5-13-30(15-23(32)17-33-18(2)3)16-25-19(4)29-31(22-11-9-20(27)10-12-22)26(25)34-24-8-6-7-21(28)14-24/h6-12,14,18,23,32H,5,13,15-17H2,1-4H3. The van der Waals surface area contributed by atoms with Crippen molar-refractivity contribution in [1.82, 2.24) is 14.7 Å². The van der Waals surface area contributed by atoms with Crippen LogP contribution in [-0.2, 0) is 11.3 Å². The van der Waals surface area contributed by atoms with Crippen LogP contribution >= 0.6 is 0 Å². The van der Waals surface area contributed by atoms with Gasteiger partial charge < -0.3 is 14.6 Å². The van der Waals surface area contributed by atoms with Crippen LogP contribution in [0.15, 0.2) is 48.5 Å². The van der Waals surface area contributed by atoms with Crippen molar-refractivity contribution in [3.05, 3.63) is 71.4 Å². The largest absolute Gasteiger partial charge is 0.438 e. The van der Waals surface area contributed by atoms with Crippen molar-refractivity contribution in [1.29, 1.82) is 0 Å². The Labute approximate surface area is 199 Å². The summed E-state index contributed by atoms with van der Waals surface area (Å²) in [7, 11) is 0. The normalized spacial score (nSPS) is 12.5. The van der Waals surface area contributed by atoms with Crippen LogP contribution in [0.25, 0.3) is 5.69 Å². The van der Waals surface area contributed by atoms with E-state index in [9.17, 15) is 13.9 Å². The highest BCUT2D eigenvalue weighted by atomic mass is 19.1. The number of aliphatic hydroxyl groups excluding tert-OH is 1. The second kappa shape index (κ2) is 12.1. The van der Waals surface area contributed by atoms with Crippen molar-refractivity contribution in [3.63, 3.8) is 0 Å². The molecule has 0 spiro atoms. The van der Waals surface area contributed by atoms with Crippen molar-refractivity contribution in [2.24, 2.45) is 0 Å².